The van der Waals surface area contributed by atoms with E-state index in [1.807, 2.05) is 0 Å². The molecule has 7 nitrogen and oxygen atoms in total. The summed E-state index contributed by atoms with van der Waals surface area (Å²) in [5, 5.41) is 6.88. The highest BCUT2D eigenvalue weighted by Crippen LogP contribution is 2.30. The quantitative estimate of drug-likeness (QED) is 0.746. The largest absolute Gasteiger partial charge is 0.346 e. The molecule has 1 aliphatic carbocycles. The van der Waals surface area contributed by atoms with E-state index in [0.29, 0.717) is 23.8 Å². The van der Waals surface area contributed by atoms with Crippen molar-refractivity contribution < 1.29 is 13.7 Å². The summed E-state index contributed by atoms with van der Waals surface area (Å²) in [7, 11) is 0. The lowest BCUT2D eigenvalue weighted by Crippen LogP contribution is -2.42. The molecule has 2 unspecified atom stereocenters. The number of carbonyl (C=O) groups excluding carboxylic acids is 1. The maximum atomic E-state index is 13.9. The molecule has 2 atom stereocenters. The number of rotatable bonds is 5. The van der Waals surface area contributed by atoms with E-state index in [2.05, 4.69) is 26.3 Å². The Bertz CT molecular complexity index is 790. The minimum absolute atomic E-state index is 0.182. The molecule has 4 rings (SSSR count). The van der Waals surface area contributed by atoms with Crippen LogP contribution in [-0.2, 0) is 11.3 Å². The Morgan fingerprint density at radius 1 is 1.22 bits per heavy atom. The predicted molar refractivity (Wildman–Crippen MR) is 95.8 cm³/mol. The van der Waals surface area contributed by atoms with Crippen molar-refractivity contribution in [2.45, 2.75) is 63.1 Å². The zero-order chi connectivity index (χ0) is 18.6. The van der Waals surface area contributed by atoms with Crippen LogP contribution in [0.25, 0.3) is 0 Å². The highest BCUT2D eigenvalue weighted by atomic mass is 19.1. The Hall–Kier alpha value is -2.32. The normalized spacial score (nSPS) is 23.4. The average Bonchev–Trinajstić information content (AvgIpc) is 3.37. The van der Waals surface area contributed by atoms with Gasteiger partial charge in [-0.1, -0.05) is 42.6 Å². The summed E-state index contributed by atoms with van der Waals surface area (Å²) in [5.74, 6) is 1.08. The third-order valence-electron chi connectivity index (χ3n) is 5.37. The smallest absolute Gasteiger partial charge is 0.246 e. The van der Waals surface area contributed by atoms with Crippen LogP contribution in [0, 0.1) is 5.82 Å². The van der Waals surface area contributed by atoms with Gasteiger partial charge in [-0.3, -0.25) is 4.79 Å². The van der Waals surface area contributed by atoms with Crippen LogP contribution in [0.15, 0.2) is 28.8 Å². The van der Waals surface area contributed by atoms with Crippen LogP contribution in [0.4, 0.5) is 4.39 Å². The van der Waals surface area contributed by atoms with E-state index < -0.39 is 6.04 Å². The highest BCUT2D eigenvalue weighted by Gasteiger charge is 2.31. The fourth-order valence-electron chi connectivity index (χ4n) is 3.84. The van der Waals surface area contributed by atoms with E-state index >= 15 is 0 Å². The summed E-state index contributed by atoms with van der Waals surface area (Å²) in [5.41, 5.74) is 6.47. The van der Waals surface area contributed by atoms with Gasteiger partial charge in [0.05, 0.1) is 12.6 Å². The van der Waals surface area contributed by atoms with Gasteiger partial charge < -0.3 is 9.84 Å². The lowest BCUT2D eigenvalue weighted by atomic mass is 9.89. The van der Waals surface area contributed by atoms with Crippen molar-refractivity contribution in [2.24, 2.45) is 0 Å². The molecule has 0 bridgehead atoms. The van der Waals surface area contributed by atoms with Gasteiger partial charge in [-0.25, -0.2) is 15.2 Å². The molecule has 1 aromatic heterocycles. The molecule has 1 aromatic carbocycles. The van der Waals surface area contributed by atoms with Crippen LogP contribution in [0.5, 0.6) is 0 Å². The molecule has 27 heavy (non-hydrogen) atoms. The summed E-state index contributed by atoms with van der Waals surface area (Å²) in [6.07, 6.45) is 6.34. The zero-order valence-electron chi connectivity index (χ0n) is 15.1. The molecule has 144 valence electrons. The maximum Gasteiger partial charge on any atom is 0.246 e. The van der Waals surface area contributed by atoms with Gasteiger partial charge in [0, 0.05) is 11.5 Å². The van der Waals surface area contributed by atoms with Crippen molar-refractivity contribution in [3.8, 4) is 0 Å². The molecule has 2 aromatic rings. The van der Waals surface area contributed by atoms with Gasteiger partial charge in [0.15, 0.2) is 5.82 Å². The van der Waals surface area contributed by atoms with Crippen LogP contribution >= 0.6 is 0 Å². The second-order valence-corrected chi connectivity index (χ2v) is 7.25. The average molecular weight is 373 g/mol. The van der Waals surface area contributed by atoms with Crippen molar-refractivity contribution in [2.75, 3.05) is 0 Å². The Kier molecular flexibility index (Phi) is 5.45. The first-order valence-corrected chi connectivity index (χ1v) is 9.56. The van der Waals surface area contributed by atoms with Gasteiger partial charge in [0.2, 0.25) is 11.8 Å². The van der Waals surface area contributed by atoms with E-state index in [1.165, 1.54) is 25.3 Å². The van der Waals surface area contributed by atoms with Crippen molar-refractivity contribution in [1.82, 2.24) is 26.3 Å². The van der Waals surface area contributed by atoms with Crippen LogP contribution in [0.2, 0.25) is 0 Å². The van der Waals surface area contributed by atoms with Gasteiger partial charge in [0.25, 0.3) is 0 Å². The van der Waals surface area contributed by atoms with E-state index in [-0.39, 0.29) is 24.3 Å². The maximum absolute atomic E-state index is 13.9. The van der Waals surface area contributed by atoms with E-state index in [9.17, 15) is 9.18 Å². The van der Waals surface area contributed by atoms with Crippen LogP contribution in [-0.4, -0.2) is 22.1 Å². The topological polar surface area (TPSA) is 92.1 Å². The van der Waals surface area contributed by atoms with Gasteiger partial charge in [0.1, 0.15) is 11.9 Å². The van der Waals surface area contributed by atoms with Crippen LogP contribution in [0.3, 0.4) is 0 Å². The summed E-state index contributed by atoms with van der Waals surface area (Å²) >= 11 is 0. The molecule has 1 aliphatic heterocycles. The van der Waals surface area contributed by atoms with E-state index in [4.69, 9.17) is 4.52 Å². The van der Waals surface area contributed by atoms with Crippen LogP contribution in [0.1, 0.15) is 67.8 Å². The molecule has 1 saturated heterocycles. The Balaban J connectivity index is 1.29. The molecule has 0 radical (unpaired) electrons. The molecule has 2 fully saturated rings. The third kappa shape index (κ3) is 4.17. The van der Waals surface area contributed by atoms with Crippen molar-refractivity contribution in [3.05, 3.63) is 47.4 Å². The molecule has 2 heterocycles. The molecule has 3 N–H and O–H groups in total. The second-order valence-electron chi connectivity index (χ2n) is 7.25. The lowest BCUT2D eigenvalue weighted by molar-refractivity contribution is -0.123. The first kappa shape index (κ1) is 18.1. The predicted octanol–water partition coefficient (Wildman–Crippen LogP) is 2.48. The molecule has 1 saturated carbocycles. The van der Waals surface area contributed by atoms with Crippen molar-refractivity contribution >= 4 is 5.91 Å². The standard InChI is InChI=1S/C19H24FN5O2/c20-14-9-5-4-8-13(14)15-10-16(24-23-15)19(26)21-11-17-22-18(25-27-17)12-6-2-1-3-7-12/h4-5,8-9,12,15-16,23-24H,1-3,6-7,10-11H2,(H,21,26). The summed E-state index contributed by atoms with van der Waals surface area (Å²) < 4.78 is 19.2. The number of nitrogens with one attached hydrogen (secondary N) is 3. The summed E-state index contributed by atoms with van der Waals surface area (Å²) in [4.78, 5) is 16.8. The number of aromatic nitrogens is 2. The van der Waals surface area contributed by atoms with Gasteiger partial charge >= 0.3 is 0 Å². The van der Waals surface area contributed by atoms with Crippen molar-refractivity contribution in [1.29, 1.82) is 0 Å². The van der Waals surface area contributed by atoms with E-state index in [0.717, 1.165) is 18.7 Å². The van der Waals surface area contributed by atoms with E-state index in [1.54, 1.807) is 18.2 Å². The monoisotopic (exact) mass is 373 g/mol. The molecular weight excluding hydrogens is 349 g/mol. The number of nitrogens with zero attached hydrogens (tertiary/aromatic N) is 2. The minimum Gasteiger partial charge on any atom is -0.346 e. The second kappa shape index (κ2) is 8.14. The number of hydrogen-bond acceptors (Lipinski definition) is 6. The van der Waals surface area contributed by atoms with Gasteiger partial charge in [-0.05, 0) is 25.3 Å². The number of hydrazine groups is 1. The SMILES string of the molecule is O=C(NCc1nc(C2CCCCC2)no1)C1CC(c2ccccc2F)NN1. The first-order valence-electron chi connectivity index (χ1n) is 9.56. The fraction of sp³-hybridized carbons (Fsp3) is 0.526. The number of benzene rings is 1. The number of halogens is 1. The molecule has 0 spiro atoms. The Labute approximate surface area is 157 Å². The van der Waals surface area contributed by atoms with Crippen LogP contribution < -0.4 is 16.2 Å². The third-order valence-corrected chi connectivity index (χ3v) is 5.37. The fourth-order valence-corrected chi connectivity index (χ4v) is 3.84. The summed E-state index contributed by atoms with van der Waals surface area (Å²) in [6.45, 7) is 0.196. The lowest BCUT2D eigenvalue weighted by Gasteiger charge is -2.17. The molecule has 8 heteroatoms. The highest BCUT2D eigenvalue weighted by molar-refractivity contribution is 5.82. The summed E-state index contributed by atoms with van der Waals surface area (Å²) in [6, 6.07) is 5.88. The van der Waals surface area contributed by atoms with Gasteiger partial charge in [-0.2, -0.15) is 4.98 Å². The number of hydrogen-bond donors (Lipinski definition) is 3. The zero-order valence-corrected chi connectivity index (χ0v) is 15.1. The number of amides is 1. The van der Waals surface area contributed by atoms with Crippen molar-refractivity contribution in [3.63, 3.8) is 0 Å². The molecule has 1 amide bonds. The Morgan fingerprint density at radius 2 is 2.04 bits per heavy atom. The van der Waals surface area contributed by atoms with Gasteiger partial charge in [-0.15, -0.1) is 0 Å². The Morgan fingerprint density at radius 3 is 2.85 bits per heavy atom. The first-order chi connectivity index (χ1) is 13.2. The number of carbonyl (C=O) groups is 1. The minimum atomic E-state index is -0.449. The molecular formula is C19H24FN5O2. The molecule has 2 aliphatic rings.